The molecule has 5 nitrogen and oxygen atoms in total. The Bertz CT molecular complexity index is 868. The lowest BCUT2D eigenvalue weighted by Gasteiger charge is -2.36. The molecule has 1 N–H and O–H groups in total. The first-order chi connectivity index (χ1) is 13.7. The van der Waals surface area contributed by atoms with Gasteiger partial charge in [0.15, 0.2) is 0 Å². The zero-order valence-corrected chi connectivity index (χ0v) is 17.9. The Morgan fingerprint density at radius 3 is 2.48 bits per heavy atom. The van der Waals surface area contributed by atoms with Crippen molar-refractivity contribution in [2.75, 3.05) is 23.3 Å². The van der Waals surface area contributed by atoms with Crippen LogP contribution in [-0.2, 0) is 11.3 Å². The normalized spacial score (nSPS) is 14.8. The van der Waals surface area contributed by atoms with E-state index in [0.29, 0.717) is 19.5 Å². The van der Waals surface area contributed by atoms with Gasteiger partial charge in [-0.3, -0.25) is 9.69 Å². The summed E-state index contributed by atoms with van der Waals surface area (Å²) in [6, 6.07) is 15.9. The van der Waals surface area contributed by atoms with E-state index in [4.69, 9.17) is 0 Å². The highest BCUT2D eigenvalue weighted by atomic mass is 16.2. The molecular formula is C24H31N3O2. The number of anilines is 2. The summed E-state index contributed by atoms with van der Waals surface area (Å²) in [6.45, 7) is 10.2. The van der Waals surface area contributed by atoms with E-state index in [1.807, 2.05) is 49.9 Å². The molecule has 1 saturated heterocycles. The summed E-state index contributed by atoms with van der Waals surface area (Å²) in [6.07, 6.45) is 1.36. The van der Waals surface area contributed by atoms with Crippen molar-refractivity contribution in [3.63, 3.8) is 0 Å². The summed E-state index contributed by atoms with van der Waals surface area (Å²) < 4.78 is 0. The number of rotatable bonds is 5. The molecule has 0 unspecified atom stereocenters. The van der Waals surface area contributed by atoms with E-state index in [2.05, 4.69) is 36.5 Å². The first-order valence-corrected chi connectivity index (χ1v) is 10.2. The van der Waals surface area contributed by atoms with Gasteiger partial charge in [0.25, 0.3) is 0 Å². The fourth-order valence-electron chi connectivity index (χ4n) is 3.52. The van der Waals surface area contributed by atoms with Gasteiger partial charge < -0.3 is 10.2 Å². The minimum Gasteiger partial charge on any atom is -0.326 e. The van der Waals surface area contributed by atoms with Crippen molar-refractivity contribution < 1.29 is 9.59 Å². The molecule has 1 aliphatic rings. The third-order valence-electron chi connectivity index (χ3n) is 4.94. The van der Waals surface area contributed by atoms with Crippen molar-refractivity contribution in [1.82, 2.24) is 4.90 Å². The SMILES string of the molecule is Cc1ccc(CN2CCCN(c3cccc(NC(=O)CC(C)(C)C)c3)C2=O)cc1. The van der Waals surface area contributed by atoms with Crippen LogP contribution in [0.1, 0.15) is 44.7 Å². The summed E-state index contributed by atoms with van der Waals surface area (Å²) in [5.41, 5.74) is 3.82. The predicted octanol–water partition coefficient (Wildman–Crippen LogP) is 5.20. The summed E-state index contributed by atoms with van der Waals surface area (Å²) in [5.74, 6) is -0.0133. The third-order valence-corrected chi connectivity index (χ3v) is 4.94. The Morgan fingerprint density at radius 1 is 1.07 bits per heavy atom. The number of amides is 3. The van der Waals surface area contributed by atoms with E-state index in [0.717, 1.165) is 29.9 Å². The van der Waals surface area contributed by atoms with Gasteiger partial charge >= 0.3 is 6.03 Å². The fraction of sp³-hybridized carbons (Fsp3) is 0.417. The third kappa shape index (κ3) is 5.83. The molecule has 3 rings (SSSR count). The molecule has 154 valence electrons. The molecule has 1 aliphatic heterocycles. The molecule has 0 bridgehead atoms. The van der Waals surface area contributed by atoms with Crippen molar-refractivity contribution in [1.29, 1.82) is 0 Å². The number of carbonyl (C=O) groups is 2. The highest BCUT2D eigenvalue weighted by Gasteiger charge is 2.27. The molecule has 0 spiro atoms. The van der Waals surface area contributed by atoms with Crippen molar-refractivity contribution in [2.24, 2.45) is 5.41 Å². The number of carbonyl (C=O) groups excluding carboxylic acids is 2. The van der Waals surface area contributed by atoms with Gasteiger partial charge in [-0.25, -0.2) is 4.79 Å². The number of nitrogens with zero attached hydrogens (tertiary/aromatic N) is 2. The lowest BCUT2D eigenvalue weighted by Crippen LogP contribution is -2.49. The Kier molecular flexibility index (Phi) is 6.26. The first kappa shape index (κ1) is 20.9. The molecule has 0 aliphatic carbocycles. The Morgan fingerprint density at radius 2 is 1.79 bits per heavy atom. The Labute approximate surface area is 173 Å². The number of urea groups is 1. The largest absolute Gasteiger partial charge is 0.326 e. The van der Waals surface area contributed by atoms with Gasteiger partial charge in [0.2, 0.25) is 5.91 Å². The van der Waals surface area contributed by atoms with Crippen LogP contribution in [-0.4, -0.2) is 29.9 Å². The van der Waals surface area contributed by atoms with E-state index >= 15 is 0 Å². The van der Waals surface area contributed by atoms with Gasteiger partial charge in [-0.2, -0.15) is 0 Å². The molecule has 2 aromatic carbocycles. The van der Waals surface area contributed by atoms with E-state index in [9.17, 15) is 9.59 Å². The highest BCUT2D eigenvalue weighted by molar-refractivity contribution is 5.95. The monoisotopic (exact) mass is 393 g/mol. The molecule has 0 saturated carbocycles. The molecule has 3 amide bonds. The molecule has 0 atom stereocenters. The fourth-order valence-corrected chi connectivity index (χ4v) is 3.52. The van der Waals surface area contributed by atoms with Crippen LogP contribution in [0.15, 0.2) is 48.5 Å². The average molecular weight is 394 g/mol. The van der Waals surface area contributed by atoms with Crippen LogP contribution in [0.5, 0.6) is 0 Å². The van der Waals surface area contributed by atoms with Gasteiger partial charge in [0.05, 0.1) is 0 Å². The quantitative estimate of drug-likeness (QED) is 0.759. The Balaban J connectivity index is 1.70. The van der Waals surface area contributed by atoms with Crippen LogP contribution >= 0.6 is 0 Å². The lowest BCUT2D eigenvalue weighted by atomic mass is 9.92. The maximum atomic E-state index is 13.1. The molecule has 1 heterocycles. The van der Waals surface area contributed by atoms with E-state index in [1.165, 1.54) is 5.56 Å². The van der Waals surface area contributed by atoms with Crippen LogP contribution in [0.4, 0.5) is 16.2 Å². The minimum absolute atomic E-state index is 0.00925. The molecule has 1 fully saturated rings. The van der Waals surface area contributed by atoms with E-state index in [1.54, 1.807) is 4.90 Å². The smallest absolute Gasteiger partial charge is 0.324 e. The van der Waals surface area contributed by atoms with Crippen LogP contribution in [0.2, 0.25) is 0 Å². The number of nitrogens with one attached hydrogen (secondary N) is 1. The van der Waals surface area contributed by atoms with Crippen LogP contribution in [0.3, 0.4) is 0 Å². The molecule has 0 aromatic heterocycles. The van der Waals surface area contributed by atoms with E-state index in [-0.39, 0.29) is 17.4 Å². The molecule has 29 heavy (non-hydrogen) atoms. The van der Waals surface area contributed by atoms with Crippen LogP contribution in [0, 0.1) is 12.3 Å². The van der Waals surface area contributed by atoms with Gasteiger partial charge in [0.1, 0.15) is 0 Å². The van der Waals surface area contributed by atoms with Gasteiger partial charge in [0, 0.05) is 37.4 Å². The maximum Gasteiger partial charge on any atom is 0.324 e. The van der Waals surface area contributed by atoms with Gasteiger partial charge in [-0.15, -0.1) is 0 Å². The Hall–Kier alpha value is -2.82. The molecule has 2 aromatic rings. The van der Waals surface area contributed by atoms with Crippen LogP contribution in [0.25, 0.3) is 0 Å². The average Bonchev–Trinajstić information content (AvgIpc) is 2.64. The van der Waals surface area contributed by atoms with Gasteiger partial charge in [-0.05, 0) is 42.5 Å². The molecular weight excluding hydrogens is 362 g/mol. The number of aryl methyl sites for hydroxylation is 1. The highest BCUT2D eigenvalue weighted by Crippen LogP contribution is 2.25. The van der Waals surface area contributed by atoms with Gasteiger partial charge in [-0.1, -0.05) is 56.7 Å². The second kappa shape index (κ2) is 8.68. The van der Waals surface area contributed by atoms with E-state index < -0.39 is 0 Å². The minimum atomic E-state index is -0.0684. The summed E-state index contributed by atoms with van der Waals surface area (Å²) in [5, 5.41) is 2.96. The summed E-state index contributed by atoms with van der Waals surface area (Å²) >= 11 is 0. The first-order valence-electron chi connectivity index (χ1n) is 10.2. The number of hydrogen-bond donors (Lipinski definition) is 1. The number of benzene rings is 2. The molecule has 5 heteroatoms. The standard InChI is InChI=1S/C24H31N3O2/c1-18-9-11-19(12-10-18)17-26-13-6-14-27(23(26)29)21-8-5-7-20(15-21)25-22(28)16-24(2,3)4/h5,7-12,15H,6,13-14,16-17H2,1-4H3,(H,25,28). The van der Waals surface area contributed by atoms with Crippen molar-refractivity contribution in [3.8, 4) is 0 Å². The topological polar surface area (TPSA) is 52.6 Å². The zero-order valence-electron chi connectivity index (χ0n) is 17.9. The summed E-state index contributed by atoms with van der Waals surface area (Å²) in [4.78, 5) is 29.0. The summed E-state index contributed by atoms with van der Waals surface area (Å²) in [7, 11) is 0. The lowest BCUT2D eigenvalue weighted by molar-refractivity contribution is -0.117. The van der Waals surface area contributed by atoms with Crippen molar-refractivity contribution in [3.05, 3.63) is 59.7 Å². The second-order valence-corrected chi connectivity index (χ2v) is 9.03. The predicted molar refractivity (Wildman–Crippen MR) is 118 cm³/mol. The molecule has 0 radical (unpaired) electrons. The number of hydrogen-bond acceptors (Lipinski definition) is 2. The van der Waals surface area contributed by atoms with Crippen LogP contribution < -0.4 is 10.2 Å². The van der Waals surface area contributed by atoms with Crippen molar-refractivity contribution in [2.45, 2.75) is 47.1 Å². The maximum absolute atomic E-state index is 13.1. The second-order valence-electron chi connectivity index (χ2n) is 9.03. The van der Waals surface area contributed by atoms with Crippen molar-refractivity contribution >= 4 is 23.3 Å². The zero-order chi connectivity index (χ0) is 21.0.